The number of imidazole rings is 1. The first-order valence-corrected chi connectivity index (χ1v) is 9.73. The normalized spacial score (nSPS) is 22.0. The predicted octanol–water partition coefficient (Wildman–Crippen LogP) is 2.85. The lowest BCUT2D eigenvalue weighted by Gasteiger charge is -2.38. The number of fused-ring (bicyclic) bond motifs is 1. The maximum Gasteiger partial charge on any atom is 0.228 e. The molecule has 3 heterocycles. The van der Waals surface area contributed by atoms with Crippen LogP contribution in [0.2, 0.25) is 0 Å². The van der Waals surface area contributed by atoms with Crippen LogP contribution < -0.4 is 15.0 Å². The number of hydrogen-bond donors (Lipinski definition) is 1. The molecule has 0 spiro atoms. The third kappa shape index (κ3) is 3.66. The number of carbonyl (C=O) groups is 1. The van der Waals surface area contributed by atoms with E-state index in [0.717, 1.165) is 43.2 Å². The van der Waals surface area contributed by atoms with Crippen molar-refractivity contribution in [3.05, 3.63) is 42.2 Å². The van der Waals surface area contributed by atoms with Crippen molar-refractivity contribution in [2.24, 2.45) is 7.05 Å². The summed E-state index contributed by atoms with van der Waals surface area (Å²) in [6, 6.07) is 8.13. The second-order valence-corrected chi connectivity index (χ2v) is 8.26. The summed E-state index contributed by atoms with van der Waals surface area (Å²) in [5.41, 5.74) is 0.664. The summed E-state index contributed by atoms with van der Waals surface area (Å²) in [6.07, 6.45) is 6.36. The third-order valence-electron chi connectivity index (χ3n) is 5.61. The largest absolute Gasteiger partial charge is 0.488 e. The van der Waals surface area contributed by atoms with Crippen molar-refractivity contribution in [3.63, 3.8) is 0 Å². The average molecular weight is 368 g/mol. The molecule has 1 unspecified atom stereocenters. The van der Waals surface area contributed by atoms with Crippen molar-refractivity contribution in [3.8, 4) is 5.75 Å². The number of para-hydroxylation sites is 1. The number of nitrogens with zero attached hydrogens (tertiary/aromatic N) is 3. The second kappa shape index (κ2) is 6.91. The Labute approximate surface area is 160 Å². The molecule has 1 atom stereocenters. The van der Waals surface area contributed by atoms with Crippen molar-refractivity contribution < 1.29 is 9.53 Å². The van der Waals surface area contributed by atoms with Crippen LogP contribution in [0.25, 0.3) is 0 Å². The quantitative estimate of drug-likeness (QED) is 0.905. The number of amides is 1. The Hall–Kier alpha value is -2.50. The zero-order chi connectivity index (χ0) is 19.0. The Morgan fingerprint density at radius 3 is 2.70 bits per heavy atom. The summed E-state index contributed by atoms with van der Waals surface area (Å²) >= 11 is 0. The van der Waals surface area contributed by atoms with Crippen molar-refractivity contribution in [2.75, 3.05) is 18.0 Å². The zero-order valence-electron chi connectivity index (χ0n) is 16.3. The summed E-state index contributed by atoms with van der Waals surface area (Å²) in [5, 5.41) is 3.30. The molecule has 0 bridgehead atoms. The van der Waals surface area contributed by atoms with Crippen LogP contribution in [0.5, 0.6) is 5.75 Å². The van der Waals surface area contributed by atoms with Gasteiger partial charge in [0, 0.05) is 50.6 Å². The molecular weight excluding hydrogens is 340 g/mol. The van der Waals surface area contributed by atoms with Gasteiger partial charge in [-0.3, -0.25) is 4.79 Å². The number of rotatable bonds is 3. The summed E-state index contributed by atoms with van der Waals surface area (Å²) in [4.78, 5) is 19.8. The summed E-state index contributed by atoms with van der Waals surface area (Å²) in [7, 11) is 2.01. The maximum atomic E-state index is 13.1. The highest BCUT2D eigenvalue weighted by molar-refractivity contribution is 5.85. The molecule has 1 saturated heterocycles. The summed E-state index contributed by atoms with van der Waals surface area (Å²) in [5.74, 6) is 1.80. The fraction of sp³-hybridized carbons (Fsp3) is 0.524. The smallest absolute Gasteiger partial charge is 0.228 e. The van der Waals surface area contributed by atoms with Crippen LogP contribution in [0.15, 0.2) is 36.7 Å². The van der Waals surface area contributed by atoms with Crippen LogP contribution in [-0.2, 0) is 11.8 Å². The number of anilines is 1. The van der Waals surface area contributed by atoms with Crippen LogP contribution in [0.1, 0.15) is 44.6 Å². The van der Waals surface area contributed by atoms with Crippen molar-refractivity contribution >= 4 is 11.9 Å². The van der Waals surface area contributed by atoms with Crippen LogP contribution >= 0.6 is 0 Å². The van der Waals surface area contributed by atoms with Gasteiger partial charge in [-0.15, -0.1) is 0 Å². The van der Waals surface area contributed by atoms with Crippen LogP contribution in [0.4, 0.5) is 5.95 Å². The van der Waals surface area contributed by atoms with Gasteiger partial charge in [0.2, 0.25) is 11.9 Å². The fourth-order valence-electron chi connectivity index (χ4n) is 4.22. The van der Waals surface area contributed by atoms with E-state index in [-0.39, 0.29) is 23.5 Å². The molecule has 6 nitrogen and oxygen atoms in total. The van der Waals surface area contributed by atoms with Gasteiger partial charge < -0.3 is 19.5 Å². The highest BCUT2D eigenvalue weighted by Gasteiger charge is 2.38. The van der Waals surface area contributed by atoms with E-state index in [2.05, 4.69) is 29.0 Å². The van der Waals surface area contributed by atoms with Crippen molar-refractivity contribution in [1.29, 1.82) is 0 Å². The number of aromatic nitrogens is 2. The van der Waals surface area contributed by atoms with E-state index < -0.39 is 0 Å². The molecule has 0 saturated carbocycles. The third-order valence-corrected chi connectivity index (χ3v) is 5.61. The first-order valence-electron chi connectivity index (χ1n) is 9.73. The number of nitrogens with one attached hydrogen (secondary N) is 1. The van der Waals surface area contributed by atoms with E-state index >= 15 is 0 Å². The Balaban J connectivity index is 1.41. The molecule has 6 heteroatoms. The van der Waals surface area contributed by atoms with E-state index in [1.54, 1.807) is 0 Å². The number of ether oxygens (including phenoxy) is 1. The number of aryl methyl sites for hydroxylation is 1. The van der Waals surface area contributed by atoms with E-state index in [1.807, 2.05) is 48.3 Å². The first-order chi connectivity index (χ1) is 12.9. The molecule has 1 aromatic heterocycles. The molecule has 2 aliphatic heterocycles. The van der Waals surface area contributed by atoms with Gasteiger partial charge in [-0.1, -0.05) is 18.2 Å². The molecule has 0 radical (unpaired) electrons. The van der Waals surface area contributed by atoms with Gasteiger partial charge in [0.05, 0.1) is 5.92 Å². The first kappa shape index (κ1) is 17.9. The lowest BCUT2D eigenvalue weighted by molar-refractivity contribution is -0.125. The molecule has 2 aromatic rings. The van der Waals surface area contributed by atoms with Crippen molar-refractivity contribution in [2.45, 2.75) is 50.7 Å². The molecule has 1 aromatic carbocycles. The lowest BCUT2D eigenvalue weighted by Crippen LogP contribution is -2.48. The molecule has 0 aliphatic carbocycles. The van der Waals surface area contributed by atoms with Gasteiger partial charge in [-0.05, 0) is 32.8 Å². The second-order valence-electron chi connectivity index (χ2n) is 8.26. The topological polar surface area (TPSA) is 59.4 Å². The molecule has 1 N–H and O–H groups in total. The van der Waals surface area contributed by atoms with E-state index in [4.69, 9.17) is 4.74 Å². The molecule has 1 fully saturated rings. The highest BCUT2D eigenvalue weighted by Crippen LogP contribution is 2.40. The van der Waals surface area contributed by atoms with Gasteiger partial charge in [0.15, 0.2) is 0 Å². The molecule has 2 aliphatic rings. The molecule has 1 amide bonds. The Bertz CT molecular complexity index is 821. The maximum absolute atomic E-state index is 13.1. The zero-order valence-corrected chi connectivity index (χ0v) is 16.3. The van der Waals surface area contributed by atoms with Gasteiger partial charge in [0.25, 0.3) is 0 Å². The monoisotopic (exact) mass is 368 g/mol. The number of hydrogen-bond acceptors (Lipinski definition) is 4. The standard InChI is InChI=1S/C21H28N4O2/c1-21(2)14-17(16-6-4-5-7-18(16)27-21)19(26)23-15-8-11-25(12-9-15)20-22-10-13-24(20)3/h4-7,10,13,15,17H,8-9,11-12,14H2,1-3H3,(H,23,26). The Morgan fingerprint density at radius 2 is 2.00 bits per heavy atom. The van der Waals surface area contributed by atoms with Crippen LogP contribution in [-0.4, -0.2) is 40.2 Å². The average Bonchev–Trinajstić information content (AvgIpc) is 3.07. The number of carbonyl (C=O) groups excluding carboxylic acids is 1. The minimum Gasteiger partial charge on any atom is -0.488 e. The van der Waals surface area contributed by atoms with Crippen LogP contribution in [0.3, 0.4) is 0 Å². The SMILES string of the molecule is Cn1ccnc1N1CCC(NC(=O)C2CC(C)(C)Oc3ccccc32)CC1. The van der Waals surface area contributed by atoms with Crippen LogP contribution in [0, 0.1) is 0 Å². The minimum absolute atomic E-state index is 0.120. The Kier molecular flexibility index (Phi) is 4.58. The minimum atomic E-state index is -0.335. The Morgan fingerprint density at radius 1 is 1.26 bits per heavy atom. The van der Waals surface area contributed by atoms with E-state index in [1.165, 1.54) is 0 Å². The molecule has 27 heavy (non-hydrogen) atoms. The van der Waals surface area contributed by atoms with E-state index in [9.17, 15) is 4.79 Å². The van der Waals surface area contributed by atoms with E-state index in [0.29, 0.717) is 6.42 Å². The molecular formula is C21H28N4O2. The van der Waals surface area contributed by atoms with Gasteiger partial charge in [-0.25, -0.2) is 4.98 Å². The van der Waals surface area contributed by atoms with Crippen molar-refractivity contribution in [1.82, 2.24) is 14.9 Å². The lowest BCUT2D eigenvalue weighted by atomic mass is 9.83. The number of benzene rings is 1. The van der Waals surface area contributed by atoms with Gasteiger partial charge in [-0.2, -0.15) is 0 Å². The predicted molar refractivity (Wildman–Crippen MR) is 105 cm³/mol. The van der Waals surface area contributed by atoms with Gasteiger partial charge >= 0.3 is 0 Å². The molecule has 4 rings (SSSR count). The number of piperidine rings is 1. The highest BCUT2D eigenvalue weighted by atomic mass is 16.5. The summed E-state index contributed by atoms with van der Waals surface area (Å²) < 4.78 is 8.10. The summed E-state index contributed by atoms with van der Waals surface area (Å²) in [6.45, 7) is 5.92. The molecule has 144 valence electrons. The fourth-order valence-corrected chi connectivity index (χ4v) is 4.22. The van der Waals surface area contributed by atoms with Gasteiger partial charge in [0.1, 0.15) is 11.4 Å².